The highest BCUT2D eigenvalue weighted by atomic mass is 15.3. The number of rotatable bonds is 6. The minimum atomic E-state index is 0.651. The molecule has 4 aromatic heterocycles. The Kier molecular flexibility index (Phi) is 6.68. The first-order valence-electron chi connectivity index (χ1n) is 15.9. The van der Waals surface area contributed by atoms with Crippen LogP contribution in [-0.4, -0.2) is 29.3 Å². The van der Waals surface area contributed by atoms with Crippen molar-refractivity contribution in [1.82, 2.24) is 29.3 Å². The molecule has 0 atom stereocenters. The zero-order chi connectivity index (χ0) is 31.9. The summed E-state index contributed by atoms with van der Waals surface area (Å²) in [7, 11) is 0. The van der Waals surface area contributed by atoms with Gasteiger partial charge in [-0.3, -0.25) is 9.55 Å². The fourth-order valence-corrected chi connectivity index (χ4v) is 6.51. The van der Waals surface area contributed by atoms with E-state index in [1.807, 2.05) is 66.9 Å². The van der Waals surface area contributed by atoms with Crippen LogP contribution in [0.3, 0.4) is 0 Å². The van der Waals surface area contributed by atoms with Crippen molar-refractivity contribution in [1.29, 1.82) is 0 Å². The molecule has 4 heterocycles. The third-order valence-electron chi connectivity index (χ3n) is 8.71. The Bertz CT molecular complexity index is 2440. The van der Waals surface area contributed by atoms with Crippen LogP contribution in [0.5, 0.6) is 0 Å². The molecule has 9 aromatic rings. The van der Waals surface area contributed by atoms with E-state index in [4.69, 9.17) is 20.2 Å². The van der Waals surface area contributed by atoms with Gasteiger partial charge in [-0.05, 0) is 48.5 Å². The number of nitrogens with zero attached hydrogens (tertiary/aromatic N) is 6. The lowest BCUT2D eigenvalue weighted by atomic mass is 10.0. The lowest BCUT2D eigenvalue weighted by Crippen LogP contribution is -2.03. The van der Waals surface area contributed by atoms with Gasteiger partial charge in [0.1, 0.15) is 5.69 Å². The molecule has 0 fully saturated rings. The van der Waals surface area contributed by atoms with Crippen molar-refractivity contribution in [3.05, 3.63) is 170 Å². The van der Waals surface area contributed by atoms with Gasteiger partial charge < -0.3 is 4.57 Å². The molecule has 0 amide bonds. The van der Waals surface area contributed by atoms with Crippen LogP contribution in [0.4, 0.5) is 0 Å². The van der Waals surface area contributed by atoms with E-state index in [0.29, 0.717) is 11.6 Å². The zero-order valence-electron chi connectivity index (χ0n) is 25.8. The highest BCUT2D eigenvalue weighted by molar-refractivity contribution is 6.09. The molecule has 6 heteroatoms. The van der Waals surface area contributed by atoms with E-state index < -0.39 is 0 Å². The maximum Gasteiger partial charge on any atom is 0.187 e. The SMILES string of the molecule is c1ccc(-c2cc(-c3nnc(-c4cc(-n5c6ccccc6c6ccccc65)ccn4)n3-c3ccccc3)cc(-c3ccccc3)n2)cc1. The van der Waals surface area contributed by atoms with Crippen molar-refractivity contribution in [2.75, 3.05) is 0 Å². The molecule has 5 aromatic carbocycles. The summed E-state index contributed by atoms with van der Waals surface area (Å²) in [6.07, 6.45) is 1.85. The van der Waals surface area contributed by atoms with E-state index in [2.05, 4.69) is 112 Å². The van der Waals surface area contributed by atoms with E-state index in [9.17, 15) is 0 Å². The molecule has 0 unspecified atom stereocenters. The Morgan fingerprint density at radius 2 is 0.896 bits per heavy atom. The monoisotopic (exact) mass is 616 g/mol. The molecule has 6 nitrogen and oxygen atoms in total. The summed E-state index contributed by atoms with van der Waals surface area (Å²) in [4.78, 5) is 9.94. The molecule has 0 aliphatic heterocycles. The summed E-state index contributed by atoms with van der Waals surface area (Å²) >= 11 is 0. The second-order valence-corrected chi connectivity index (χ2v) is 11.6. The number of aromatic nitrogens is 6. The van der Waals surface area contributed by atoms with Crippen molar-refractivity contribution in [3.8, 4) is 56.8 Å². The van der Waals surface area contributed by atoms with E-state index in [0.717, 1.165) is 56.2 Å². The Hall–Kier alpha value is -6.66. The minimum absolute atomic E-state index is 0.651. The maximum atomic E-state index is 5.08. The van der Waals surface area contributed by atoms with E-state index in [1.165, 1.54) is 10.8 Å². The largest absolute Gasteiger partial charge is 0.309 e. The Balaban J connectivity index is 1.26. The standard InChI is InChI=1S/C42H28N6/c1-4-14-29(15-5-1)36-26-31(27-37(44-36)30-16-6-2-7-17-30)41-45-46-42(48(41)32-18-8-3-9-19-32)38-28-33(24-25-43-38)47-39-22-12-10-20-34(39)35-21-11-13-23-40(35)47/h1-28H. The maximum absolute atomic E-state index is 5.08. The summed E-state index contributed by atoms with van der Waals surface area (Å²) in [5.74, 6) is 1.36. The molecule has 0 aliphatic rings. The fraction of sp³-hybridized carbons (Fsp3) is 0. The number of pyridine rings is 2. The van der Waals surface area contributed by atoms with Gasteiger partial charge in [0.2, 0.25) is 0 Å². The van der Waals surface area contributed by atoms with Crippen molar-refractivity contribution < 1.29 is 0 Å². The zero-order valence-corrected chi connectivity index (χ0v) is 25.8. The molecule has 0 N–H and O–H groups in total. The lowest BCUT2D eigenvalue weighted by Gasteiger charge is -2.14. The second-order valence-electron chi connectivity index (χ2n) is 11.6. The van der Waals surface area contributed by atoms with Crippen molar-refractivity contribution >= 4 is 21.8 Å². The molecule has 48 heavy (non-hydrogen) atoms. The number of para-hydroxylation sites is 3. The van der Waals surface area contributed by atoms with Gasteiger partial charge in [-0.15, -0.1) is 10.2 Å². The Morgan fingerprint density at radius 3 is 1.50 bits per heavy atom. The summed E-state index contributed by atoms with van der Waals surface area (Å²) < 4.78 is 4.39. The van der Waals surface area contributed by atoms with E-state index in [1.54, 1.807) is 0 Å². The number of hydrogen-bond donors (Lipinski definition) is 0. The van der Waals surface area contributed by atoms with Gasteiger partial charge in [-0.25, -0.2) is 4.98 Å². The van der Waals surface area contributed by atoms with Crippen LogP contribution in [0, 0.1) is 0 Å². The molecule has 226 valence electrons. The number of fused-ring (bicyclic) bond motifs is 3. The molecular formula is C42H28N6. The van der Waals surface area contributed by atoms with Crippen molar-refractivity contribution in [3.63, 3.8) is 0 Å². The molecule has 0 saturated carbocycles. The smallest absolute Gasteiger partial charge is 0.187 e. The summed E-state index contributed by atoms with van der Waals surface area (Å²) in [6.45, 7) is 0. The van der Waals surface area contributed by atoms with Gasteiger partial charge in [0.05, 0.1) is 22.4 Å². The highest BCUT2D eigenvalue weighted by Crippen LogP contribution is 2.35. The summed E-state index contributed by atoms with van der Waals surface area (Å²) in [5, 5.41) is 12.1. The minimum Gasteiger partial charge on any atom is -0.309 e. The summed E-state index contributed by atoms with van der Waals surface area (Å²) in [6, 6.07) is 56.1. The first-order valence-corrected chi connectivity index (χ1v) is 15.9. The second kappa shape index (κ2) is 11.6. The van der Waals surface area contributed by atoms with Gasteiger partial charge in [0.15, 0.2) is 11.6 Å². The molecular weight excluding hydrogens is 589 g/mol. The lowest BCUT2D eigenvalue weighted by molar-refractivity contribution is 1.05. The first kappa shape index (κ1) is 27.6. The Morgan fingerprint density at radius 1 is 0.375 bits per heavy atom. The molecule has 9 rings (SSSR count). The van der Waals surface area contributed by atoms with Gasteiger partial charge in [0, 0.05) is 45.0 Å². The molecule has 0 spiro atoms. The van der Waals surface area contributed by atoms with Crippen LogP contribution in [0.2, 0.25) is 0 Å². The predicted octanol–water partition coefficient (Wildman–Crippen LogP) is 9.82. The highest BCUT2D eigenvalue weighted by Gasteiger charge is 2.21. The van der Waals surface area contributed by atoms with E-state index in [-0.39, 0.29) is 0 Å². The van der Waals surface area contributed by atoms with Gasteiger partial charge in [-0.2, -0.15) is 0 Å². The van der Waals surface area contributed by atoms with Crippen molar-refractivity contribution in [2.24, 2.45) is 0 Å². The number of hydrogen-bond acceptors (Lipinski definition) is 4. The van der Waals surface area contributed by atoms with Crippen LogP contribution in [0.25, 0.3) is 78.6 Å². The third-order valence-corrected chi connectivity index (χ3v) is 8.71. The topological polar surface area (TPSA) is 61.4 Å². The van der Waals surface area contributed by atoms with E-state index >= 15 is 0 Å². The average molecular weight is 617 g/mol. The van der Waals surface area contributed by atoms with Gasteiger partial charge in [-0.1, -0.05) is 115 Å². The fourth-order valence-electron chi connectivity index (χ4n) is 6.51. The number of benzene rings is 5. The average Bonchev–Trinajstić information content (AvgIpc) is 3.76. The quantitative estimate of drug-likeness (QED) is 0.187. The normalized spacial score (nSPS) is 11.3. The van der Waals surface area contributed by atoms with Crippen LogP contribution in [-0.2, 0) is 0 Å². The van der Waals surface area contributed by atoms with Crippen LogP contribution >= 0.6 is 0 Å². The summed E-state index contributed by atoms with van der Waals surface area (Å²) in [5.41, 5.74) is 9.64. The molecule has 0 bridgehead atoms. The molecule has 0 aliphatic carbocycles. The molecule has 0 radical (unpaired) electrons. The van der Waals surface area contributed by atoms with Crippen molar-refractivity contribution in [2.45, 2.75) is 0 Å². The van der Waals surface area contributed by atoms with Crippen LogP contribution in [0.1, 0.15) is 0 Å². The van der Waals surface area contributed by atoms with Gasteiger partial charge >= 0.3 is 0 Å². The van der Waals surface area contributed by atoms with Gasteiger partial charge in [0.25, 0.3) is 0 Å². The third kappa shape index (κ3) is 4.75. The van der Waals surface area contributed by atoms with Crippen LogP contribution < -0.4 is 0 Å². The first-order chi connectivity index (χ1) is 23.8. The van der Waals surface area contributed by atoms with Crippen LogP contribution in [0.15, 0.2) is 170 Å². The molecule has 0 saturated heterocycles. The predicted molar refractivity (Wildman–Crippen MR) is 193 cm³/mol. The Labute approximate surface area is 277 Å².